The van der Waals surface area contributed by atoms with Gasteiger partial charge in [-0.05, 0) is 53.3 Å². The first-order chi connectivity index (χ1) is 15.3. The number of rotatable bonds is 5. The largest absolute Gasteiger partial charge is 0.467 e. The van der Waals surface area contributed by atoms with Crippen LogP contribution >= 0.6 is 34.5 Å². The Morgan fingerprint density at radius 1 is 1.19 bits per heavy atom. The quantitative estimate of drug-likeness (QED) is 0.486. The number of amides is 3. The minimum absolute atomic E-state index is 0.0705. The lowest BCUT2D eigenvalue weighted by Crippen LogP contribution is -2.48. The number of thiophene rings is 1. The average molecular weight is 492 g/mol. The fourth-order valence-electron chi connectivity index (χ4n) is 3.96. The lowest BCUT2D eigenvalue weighted by Gasteiger charge is -2.38. The molecule has 3 heterocycles. The fraction of sp³-hybridized carbons (Fsp3) is 0.304. The van der Waals surface area contributed by atoms with Crippen molar-refractivity contribution in [2.75, 3.05) is 27.2 Å². The zero-order valence-corrected chi connectivity index (χ0v) is 20.1. The summed E-state index contributed by atoms with van der Waals surface area (Å²) in [7, 11) is 3.33. The molecule has 4 rings (SSSR count). The maximum absolute atomic E-state index is 13.6. The highest BCUT2D eigenvalue weighted by Gasteiger charge is 2.35. The summed E-state index contributed by atoms with van der Waals surface area (Å²) in [5, 5.41) is 3.09. The zero-order valence-electron chi connectivity index (χ0n) is 17.8. The van der Waals surface area contributed by atoms with Crippen LogP contribution in [-0.2, 0) is 17.8 Å². The van der Waals surface area contributed by atoms with Crippen molar-refractivity contribution in [2.45, 2.75) is 19.0 Å². The lowest BCUT2D eigenvalue weighted by molar-refractivity contribution is -0.134. The van der Waals surface area contributed by atoms with Gasteiger partial charge in [0.2, 0.25) is 5.91 Å². The van der Waals surface area contributed by atoms with E-state index in [-0.39, 0.29) is 31.1 Å². The number of furan rings is 1. The molecule has 3 amide bonds. The smallest absolute Gasteiger partial charge is 0.320 e. The van der Waals surface area contributed by atoms with Crippen LogP contribution in [0.15, 0.2) is 52.5 Å². The molecule has 0 bridgehead atoms. The van der Waals surface area contributed by atoms with Crippen molar-refractivity contribution in [3.8, 4) is 0 Å². The Morgan fingerprint density at radius 2 is 2.00 bits per heavy atom. The van der Waals surface area contributed by atoms with Crippen molar-refractivity contribution in [1.82, 2.24) is 14.7 Å². The molecule has 32 heavy (non-hydrogen) atoms. The number of benzene rings is 1. The monoisotopic (exact) mass is 491 g/mol. The maximum atomic E-state index is 13.6. The van der Waals surface area contributed by atoms with Gasteiger partial charge in [-0.15, -0.1) is 11.3 Å². The molecule has 1 aliphatic rings. The number of fused-ring (bicyclic) bond motifs is 1. The van der Waals surface area contributed by atoms with E-state index in [1.165, 1.54) is 14.7 Å². The number of nitrogens with zero attached hydrogens (tertiary/aromatic N) is 3. The summed E-state index contributed by atoms with van der Waals surface area (Å²) in [6.45, 7) is 0.680. The highest BCUT2D eigenvalue weighted by atomic mass is 35.5. The van der Waals surface area contributed by atoms with Gasteiger partial charge in [0.15, 0.2) is 0 Å². The Hall–Kier alpha value is -2.48. The van der Waals surface area contributed by atoms with Gasteiger partial charge in [0.25, 0.3) is 0 Å². The number of carbonyl (C=O) groups is 2. The van der Waals surface area contributed by atoms with Crippen LogP contribution in [0.25, 0.3) is 0 Å². The van der Waals surface area contributed by atoms with Crippen molar-refractivity contribution in [2.24, 2.45) is 0 Å². The molecular formula is C23H23Cl2N3O3S. The third-order valence-electron chi connectivity index (χ3n) is 5.45. The highest BCUT2D eigenvalue weighted by Crippen LogP contribution is 2.41. The molecule has 0 saturated carbocycles. The van der Waals surface area contributed by atoms with Crippen LogP contribution in [0.4, 0.5) is 4.79 Å². The molecule has 1 aliphatic heterocycles. The second kappa shape index (κ2) is 9.57. The van der Waals surface area contributed by atoms with Crippen LogP contribution in [0.3, 0.4) is 0 Å². The van der Waals surface area contributed by atoms with E-state index in [2.05, 4.69) is 0 Å². The first-order valence-corrected chi connectivity index (χ1v) is 11.8. The van der Waals surface area contributed by atoms with Gasteiger partial charge in [0, 0.05) is 35.6 Å². The molecule has 1 aromatic carbocycles. The van der Waals surface area contributed by atoms with E-state index in [0.717, 1.165) is 17.5 Å². The highest BCUT2D eigenvalue weighted by molar-refractivity contribution is 7.10. The Morgan fingerprint density at radius 3 is 2.69 bits per heavy atom. The average Bonchev–Trinajstić information content (AvgIpc) is 3.44. The molecule has 1 atom stereocenters. The van der Waals surface area contributed by atoms with Crippen LogP contribution in [0.2, 0.25) is 10.0 Å². The molecule has 2 aromatic heterocycles. The van der Waals surface area contributed by atoms with E-state index in [1.54, 1.807) is 56.0 Å². The van der Waals surface area contributed by atoms with Gasteiger partial charge in [0.05, 0.1) is 18.8 Å². The molecule has 3 aromatic rings. The molecule has 6 nitrogen and oxygen atoms in total. The Kier molecular flexibility index (Phi) is 6.79. The molecule has 0 saturated heterocycles. The van der Waals surface area contributed by atoms with Gasteiger partial charge >= 0.3 is 6.03 Å². The number of halogens is 2. The van der Waals surface area contributed by atoms with Gasteiger partial charge in [-0.2, -0.15) is 0 Å². The molecule has 168 valence electrons. The van der Waals surface area contributed by atoms with E-state index in [9.17, 15) is 9.59 Å². The Labute approximate surface area is 200 Å². The zero-order chi connectivity index (χ0) is 22.8. The van der Waals surface area contributed by atoms with E-state index in [4.69, 9.17) is 27.6 Å². The predicted molar refractivity (Wildman–Crippen MR) is 126 cm³/mol. The minimum Gasteiger partial charge on any atom is -0.467 e. The molecule has 0 spiro atoms. The topological polar surface area (TPSA) is 57.0 Å². The van der Waals surface area contributed by atoms with Crippen LogP contribution in [0, 0.1) is 0 Å². The molecule has 0 N–H and O–H groups in total. The molecule has 0 fully saturated rings. The lowest BCUT2D eigenvalue weighted by atomic mass is 9.93. The van der Waals surface area contributed by atoms with E-state index in [1.807, 2.05) is 22.4 Å². The first kappa shape index (κ1) is 22.7. The summed E-state index contributed by atoms with van der Waals surface area (Å²) in [5.74, 6) is 0.462. The molecule has 1 unspecified atom stereocenters. The first-order valence-electron chi connectivity index (χ1n) is 10.1. The minimum atomic E-state index is -0.331. The van der Waals surface area contributed by atoms with Gasteiger partial charge in [0.1, 0.15) is 12.3 Å². The van der Waals surface area contributed by atoms with E-state index in [0.29, 0.717) is 22.4 Å². The summed E-state index contributed by atoms with van der Waals surface area (Å²) in [5.41, 5.74) is 1.88. The SMILES string of the molecule is CN(C)C(=O)N(CC(=O)N1CCc2sccc2C1c1ccc(Cl)cc1Cl)Cc1ccco1. The Bertz CT molecular complexity index is 1110. The third kappa shape index (κ3) is 4.65. The summed E-state index contributed by atoms with van der Waals surface area (Å²) in [6, 6.07) is 10.3. The summed E-state index contributed by atoms with van der Waals surface area (Å²) in [4.78, 5) is 32.4. The maximum Gasteiger partial charge on any atom is 0.320 e. The predicted octanol–water partition coefficient (Wildman–Crippen LogP) is 5.31. The van der Waals surface area contributed by atoms with Crippen LogP contribution in [0.5, 0.6) is 0 Å². The molecule has 9 heteroatoms. The number of urea groups is 1. The van der Waals surface area contributed by atoms with E-state index >= 15 is 0 Å². The molecule has 0 radical (unpaired) electrons. The number of hydrogen-bond donors (Lipinski definition) is 0. The van der Waals surface area contributed by atoms with Gasteiger partial charge in [-0.25, -0.2) is 4.79 Å². The van der Waals surface area contributed by atoms with Gasteiger partial charge in [-0.3, -0.25) is 4.79 Å². The Balaban J connectivity index is 1.65. The van der Waals surface area contributed by atoms with Crippen molar-refractivity contribution in [3.63, 3.8) is 0 Å². The summed E-state index contributed by atoms with van der Waals surface area (Å²) in [6.07, 6.45) is 2.32. The number of hydrogen-bond acceptors (Lipinski definition) is 4. The van der Waals surface area contributed by atoms with Crippen LogP contribution in [0.1, 0.15) is 27.8 Å². The number of carbonyl (C=O) groups excluding carboxylic acids is 2. The van der Waals surface area contributed by atoms with Crippen molar-refractivity contribution in [1.29, 1.82) is 0 Å². The molecule has 0 aliphatic carbocycles. The van der Waals surface area contributed by atoms with Gasteiger partial charge in [-0.1, -0.05) is 29.3 Å². The summed E-state index contributed by atoms with van der Waals surface area (Å²) < 4.78 is 5.41. The normalized spacial score (nSPS) is 15.4. The second-order valence-corrected chi connectivity index (χ2v) is 9.66. The second-order valence-electron chi connectivity index (χ2n) is 7.82. The standard InChI is InChI=1S/C23H23Cl2N3O3S/c1-26(2)23(30)27(13-16-4-3-10-31-16)14-21(29)28-9-7-20-18(8-11-32-20)22(28)17-6-5-15(24)12-19(17)25/h3-6,8,10-12,22H,7,9,13-14H2,1-2H3. The van der Waals surface area contributed by atoms with Crippen LogP contribution in [-0.4, -0.2) is 53.8 Å². The van der Waals surface area contributed by atoms with Gasteiger partial charge < -0.3 is 19.1 Å². The van der Waals surface area contributed by atoms with Crippen molar-refractivity contribution >= 4 is 46.5 Å². The van der Waals surface area contributed by atoms with Crippen molar-refractivity contribution in [3.05, 3.63) is 79.9 Å². The van der Waals surface area contributed by atoms with Crippen molar-refractivity contribution < 1.29 is 14.0 Å². The molecular weight excluding hydrogens is 469 g/mol. The van der Waals surface area contributed by atoms with E-state index < -0.39 is 0 Å². The fourth-order valence-corrected chi connectivity index (χ4v) is 5.38. The summed E-state index contributed by atoms with van der Waals surface area (Å²) >= 11 is 14.4. The third-order valence-corrected chi connectivity index (χ3v) is 7.01. The van der Waals surface area contributed by atoms with Crippen LogP contribution < -0.4 is 0 Å².